The molecule has 1 fully saturated rings. The van der Waals surface area contributed by atoms with Gasteiger partial charge in [0.15, 0.2) is 11.9 Å². The molecule has 1 aromatic heterocycles. The molecule has 1 saturated carbocycles. The van der Waals surface area contributed by atoms with Crippen LogP contribution in [0.5, 0.6) is 0 Å². The van der Waals surface area contributed by atoms with E-state index in [2.05, 4.69) is 15.3 Å². The molecule has 0 amide bonds. The van der Waals surface area contributed by atoms with Crippen LogP contribution in [0.25, 0.3) is 11.4 Å². The Morgan fingerprint density at radius 1 is 1.11 bits per heavy atom. The van der Waals surface area contributed by atoms with E-state index in [0.29, 0.717) is 23.7 Å². The van der Waals surface area contributed by atoms with Gasteiger partial charge >= 0.3 is 12.1 Å². The topological polar surface area (TPSA) is 95.3 Å². The molecule has 9 heteroatoms. The van der Waals surface area contributed by atoms with Crippen molar-refractivity contribution in [2.45, 2.75) is 44.4 Å². The van der Waals surface area contributed by atoms with Gasteiger partial charge in [0.25, 0.3) is 0 Å². The number of hydrogen-bond donors (Lipinski definition) is 3. The number of alkyl halides is 3. The third kappa shape index (κ3) is 6.16. The first kappa shape index (κ1) is 24.7. The second-order valence-electron chi connectivity index (χ2n) is 8.88. The van der Waals surface area contributed by atoms with Crippen molar-refractivity contribution in [3.8, 4) is 11.4 Å². The average molecular weight is 486 g/mol. The smallest absolute Gasteiger partial charge is 0.416 e. The van der Waals surface area contributed by atoms with Crippen molar-refractivity contribution in [3.05, 3.63) is 83.5 Å². The van der Waals surface area contributed by atoms with Crippen LogP contribution in [0.3, 0.4) is 0 Å². The number of nitrogens with zero attached hydrogens (tertiary/aromatic N) is 2. The highest BCUT2D eigenvalue weighted by molar-refractivity contribution is 5.76. The Kier molecular flexibility index (Phi) is 7.35. The normalized spacial score (nSPS) is 21.4. The van der Waals surface area contributed by atoms with E-state index in [1.54, 1.807) is 18.3 Å². The van der Waals surface area contributed by atoms with Crippen molar-refractivity contribution >= 4 is 5.97 Å². The maximum absolute atomic E-state index is 12.8. The first-order chi connectivity index (χ1) is 16.7. The number of aliphatic hydroxyl groups is 1. The Bertz CT molecular complexity index is 1160. The Morgan fingerprint density at radius 3 is 2.57 bits per heavy atom. The third-order valence-corrected chi connectivity index (χ3v) is 6.38. The zero-order valence-electron chi connectivity index (χ0n) is 18.9. The van der Waals surface area contributed by atoms with Gasteiger partial charge in [-0.2, -0.15) is 13.2 Å². The monoisotopic (exact) mass is 485 g/mol. The molecule has 35 heavy (non-hydrogen) atoms. The van der Waals surface area contributed by atoms with Crippen LogP contribution < -0.4 is 5.32 Å². The Labute approximate surface area is 200 Å². The predicted octanol–water partition coefficient (Wildman–Crippen LogP) is 4.88. The molecule has 2 aromatic rings. The molecule has 4 rings (SSSR count). The van der Waals surface area contributed by atoms with E-state index in [9.17, 15) is 23.1 Å². The molecule has 3 atom stereocenters. The van der Waals surface area contributed by atoms with Gasteiger partial charge in [0.05, 0.1) is 11.3 Å². The highest BCUT2D eigenvalue weighted by Gasteiger charge is 2.30. The summed E-state index contributed by atoms with van der Waals surface area (Å²) in [5.74, 6) is -0.417. The maximum atomic E-state index is 12.8. The van der Waals surface area contributed by atoms with Crippen molar-refractivity contribution in [1.29, 1.82) is 0 Å². The number of halogens is 3. The number of hydrogen-bond acceptors (Lipinski definition) is 5. The summed E-state index contributed by atoms with van der Waals surface area (Å²) >= 11 is 0. The highest BCUT2D eigenvalue weighted by atomic mass is 19.4. The van der Waals surface area contributed by atoms with Crippen molar-refractivity contribution in [2.75, 3.05) is 0 Å². The van der Waals surface area contributed by atoms with Crippen molar-refractivity contribution in [3.63, 3.8) is 0 Å². The molecule has 3 unspecified atom stereocenters. The van der Waals surface area contributed by atoms with E-state index in [1.165, 1.54) is 12.1 Å². The molecule has 1 aliphatic heterocycles. The minimum Gasteiger partial charge on any atom is -0.479 e. The van der Waals surface area contributed by atoms with Crippen molar-refractivity contribution in [2.24, 2.45) is 11.8 Å². The summed E-state index contributed by atoms with van der Waals surface area (Å²) in [6.07, 6.45) is 7.14. The number of allylic oxidation sites excluding steroid dienone is 5. The molecule has 0 spiro atoms. The lowest BCUT2D eigenvalue weighted by atomic mass is 9.77. The minimum absolute atomic E-state index is 0.178. The number of nitrogens with one attached hydrogen (secondary N) is 1. The molecule has 0 bridgehead atoms. The van der Waals surface area contributed by atoms with Gasteiger partial charge in [0, 0.05) is 23.2 Å². The largest absolute Gasteiger partial charge is 0.479 e. The molecule has 0 saturated heterocycles. The molecule has 1 aliphatic carbocycles. The number of carboxylic acids is 1. The van der Waals surface area contributed by atoms with Gasteiger partial charge in [0.1, 0.15) is 0 Å². The third-order valence-electron chi connectivity index (χ3n) is 6.38. The zero-order chi connectivity index (χ0) is 25.0. The molecule has 184 valence electrons. The van der Waals surface area contributed by atoms with Gasteiger partial charge in [-0.15, -0.1) is 0 Å². The molecule has 1 aromatic carbocycles. The van der Waals surface area contributed by atoms with E-state index in [0.717, 1.165) is 49.2 Å². The fraction of sp³-hybridized carbons (Fsp3) is 0.346. The lowest BCUT2D eigenvalue weighted by molar-refractivity contribution is -0.144. The van der Waals surface area contributed by atoms with Gasteiger partial charge in [0.2, 0.25) is 0 Å². The van der Waals surface area contributed by atoms with E-state index >= 15 is 0 Å². The second kappa shape index (κ2) is 10.4. The summed E-state index contributed by atoms with van der Waals surface area (Å²) in [5, 5.41) is 22.2. The fourth-order valence-electron chi connectivity index (χ4n) is 4.61. The lowest BCUT2D eigenvalue weighted by Crippen LogP contribution is -2.33. The molecule has 2 heterocycles. The number of benzene rings is 1. The Morgan fingerprint density at radius 2 is 1.86 bits per heavy atom. The number of aliphatic carboxylic acids is 1. The number of carboxylic acid groups (broad SMARTS) is 1. The van der Waals surface area contributed by atoms with Crippen molar-refractivity contribution in [1.82, 2.24) is 15.3 Å². The van der Waals surface area contributed by atoms with Crippen LogP contribution in [-0.4, -0.2) is 32.3 Å². The number of aromatic nitrogens is 2. The summed E-state index contributed by atoms with van der Waals surface area (Å²) in [6, 6.07) is 6.65. The SMILES string of the molecule is O=C(O)C(O)C1=CC=CC=C(C2CCCC(Cc3ccnc(-c4ccc(C(F)(F)F)cc4)n3)C2)N1. The van der Waals surface area contributed by atoms with Crippen LogP contribution in [0, 0.1) is 11.8 Å². The van der Waals surface area contributed by atoms with Gasteiger partial charge < -0.3 is 15.5 Å². The highest BCUT2D eigenvalue weighted by Crippen LogP contribution is 2.36. The van der Waals surface area contributed by atoms with Crippen LogP contribution in [-0.2, 0) is 17.4 Å². The lowest BCUT2D eigenvalue weighted by Gasteiger charge is -2.31. The van der Waals surface area contributed by atoms with Crippen LogP contribution >= 0.6 is 0 Å². The quantitative estimate of drug-likeness (QED) is 0.540. The maximum Gasteiger partial charge on any atom is 0.416 e. The first-order valence-electron chi connectivity index (χ1n) is 11.5. The van der Waals surface area contributed by atoms with Crippen LogP contribution in [0.1, 0.15) is 36.9 Å². The summed E-state index contributed by atoms with van der Waals surface area (Å²) in [7, 11) is 0. The van der Waals surface area contributed by atoms with Crippen molar-refractivity contribution < 1.29 is 28.2 Å². The second-order valence-corrected chi connectivity index (χ2v) is 8.88. The van der Waals surface area contributed by atoms with Gasteiger partial charge in [-0.3, -0.25) is 0 Å². The van der Waals surface area contributed by atoms with Gasteiger partial charge in [-0.05, 0) is 61.4 Å². The van der Waals surface area contributed by atoms with Gasteiger partial charge in [-0.25, -0.2) is 14.8 Å². The van der Waals surface area contributed by atoms with E-state index in [4.69, 9.17) is 5.11 Å². The fourth-order valence-corrected chi connectivity index (χ4v) is 4.61. The molecule has 2 aliphatic rings. The minimum atomic E-state index is -4.39. The Balaban J connectivity index is 1.43. The molecule has 3 N–H and O–H groups in total. The van der Waals surface area contributed by atoms with Crippen LogP contribution in [0.4, 0.5) is 13.2 Å². The number of rotatable bonds is 6. The molecule has 0 radical (unpaired) electrons. The van der Waals surface area contributed by atoms with E-state index in [-0.39, 0.29) is 11.6 Å². The summed E-state index contributed by atoms with van der Waals surface area (Å²) < 4.78 is 38.5. The predicted molar refractivity (Wildman–Crippen MR) is 124 cm³/mol. The molecular formula is C26H26F3N3O3. The number of carbonyl (C=O) groups is 1. The van der Waals surface area contributed by atoms with Crippen LogP contribution in [0.2, 0.25) is 0 Å². The standard InChI is InChI=1S/C26H26F3N3O3/c27-26(28,29)19-10-8-17(9-11-19)24-30-13-12-20(31-24)15-16-4-3-5-18(14-16)21-6-1-2-7-22(32-21)23(33)25(34)35/h1-2,6-13,16,18,23,32-33H,3-5,14-15H2,(H,34,35). The summed E-state index contributed by atoms with van der Waals surface area (Å²) in [5.41, 5.74) is 1.75. The van der Waals surface area contributed by atoms with Crippen LogP contribution in [0.15, 0.2) is 72.2 Å². The van der Waals surface area contributed by atoms with E-state index < -0.39 is 23.8 Å². The first-order valence-corrected chi connectivity index (χ1v) is 11.5. The van der Waals surface area contributed by atoms with Gasteiger partial charge in [-0.1, -0.05) is 37.1 Å². The molecule has 6 nitrogen and oxygen atoms in total. The van der Waals surface area contributed by atoms with E-state index in [1.807, 2.05) is 18.2 Å². The Hall–Kier alpha value is -3.46. The molecular weight excluding hydrogens is 459 g/mol. The summed E-state index contributed by atoms with van der Waals surface area (Å²) in [6.45, 7) is 0. The number of aliphatic hydroxyl groups excluding tert-OH is 1. The average Bonchev–Trinajstić information content (AvgIpc) is 3.10. The zero-order valence-corrected chi connectivity index (χ0v) is 18.9. The summed E-state index contributed by atoms with van der Waals surface area (Å²) in [4.78, 5) is 20.0.